The molecule has 7 heteroatoms. The minimum Gasteiger partial charge on any atom is -0.496 e. The molecule has 0 unspecified atom stereocenters. The van der Waals surface area contributed by atoms with Crippen molar-refractivity contribution in [3.05, 3.63) is 46.1 Å². The number of fused-ring (bicyclic) bond motifs is 1. The standard InChI is InChI=1S/C18H24N4O3/c1-25-15-13-16(23)22-12-4-2-3-7-14(22)17(15)18(24)19-8-5-10-21-11-6-9-20-21/h6,9,11,13H,2-5,7-8,10,12H2,1H3,(H,19,24). The van der Waals surface area contributed by atoms with Crippen molar-refractivity contribution in [2.24, 2.45) is 0 Å². The number of rotatable bonds is 6. The third-order valence-electron chi connectivity index (χ3n) is 4.53. The number of carbonyl (C=O) groups is 1. The van der Waals surface area contributed by atoms with Crippen LogP contribution in [0.1, 0.15) is 41.7 Å². The summed E-state index contributed by atoms with van der Waals surface area (Å²) in [5.41, 5.74) is 1.21. The lowest BCUT2D eigenvalue weighted by Gasteiger charge is -2.17. The second-order valence-electron chi connectivity index (χ2n) is 6.21. The molecule has 7 nitrogen and oxygen atoms in total. The molecular weight excluding hydrogens is 320 g/mol. The van der Waals surface area contributed by atoms with Crippen LogP contribution < -0.4 is 15.6 Å². The van der Waals surface area contributed by atoms with Gasteiger partial charge in [-0.1, -0.05) is 6.42 Å². The average Bonchev–Trinajstić information content (AvgIpc) is 3.01. The minimum absolute atomic E-state index is 0.0935. The third kappa shape index (κ3) is 3.92. The second-order valence-corrected chi connectivity index (χ2v) is 6.21. The summed E-state index contributed by atoms with van der Waals surface area (Å²) < 4.78 is 8.90. The summed E-state index contributed by atoms with van der Waals surface area (Å²) in [7, 11) is 1.50. The minimum atomic E-state index is -0.178. The fourth-order valence-corrected chi connectivity index (χ4v) is 3.28. The van der Waals surface area contributed by atoms with Crippen LogP contribution in [-0.2, 0) is 19.5 Å². The van der Waals surface area contributed by atoms with Crippen molar-refractivity contribution in [3.8, 4) is 5.75 Å². The van der Waals surface area contributed by atoms with Crippen LogP contribution in [0, 0.1) is 0 Å². The predicted molar refractivity (Wildman–Crippen MR) is 94.0 cm³/mol. The van der Waals surface area contributed by atoms with E-state index in [0.717, 1.165) is 44.3 Å². The van der Waals surface area contributed by atoms with E-state index in [2.05, 4.69) is 10.4 Å². The van der Waals surface area contributed by atoms with Gasteiger partial charge < -0.3 is 14.6 Å². The van der Waals surface area contributed by atoms with Gasteiger partial charge in [0.15, 0.2) is 0 Å². The largest absolute Gasteiger partial charge is 0.496 e. The summed E-state index contributed by atoms with van der Waals surface area (Å²) in [6.07, 6.45) is 8.15. The molecule has 0 saturated heterocycles. The van der Waals surface area contributed by atoms with Gasteiger partial charge in [-0.25, -0.2) is 0 Å². The molecule has 25 heavy (non-hydrogen) atoms. The van der Waals surface area contributed by atoms with E-state index < -0.39 is 0 Å². The third-order valence-corrected chi connectivity index (χ3v) is 4.53. The maximum atomic E-state index is 12.8. The first-order valence-corrected chi connectivity index (χ1v) is 8.77. The zero-order chi connectivity index (χ0) is 17.6. The van der Waals surface area contributed by atoms with Crippen molar-refractivity contribution in [1.82, 2.24) is 19.7 Å². The molecule has 0 saturated carbocycles. The van der Waals surface area contributed by atoms with E-state index in [1.54, 1.807) is 10.8 Å². The summed E-state index contributed by atoms with van der Waals surface area (Å²) in [6, 6.07) is 3.30. The first kappa shape index (κ1) is 17.3. The lowest BCUT2D eigenvalue weighted by Crippen LogP contribution is -2.31. The van der Waals surface area contributed by atoms with Gasteiger partial charge in [0.05, 0.1) is 7.11 Å². The van der Waals surface area contributed by atoms with Crippen LogP contribution in [0.2, 0.25) is 0 Å². The van der Waals surface area contributed by atoms with Crippen LogP contribution in [0.5, 0.6) is 5.75 Å². The van der Waals surface area contributed by atoms with Crippen molar-refractivity contribution in [1.29, 1.82) is 0 Å². The molecule has 1 amide bonds. The molecule has 0 aliphatic carbocycles. The Morgan fingerprint density at radius 2 is 2.24 bits per heavy atom. The molecule has 0 aromatic carbocycles. The molecule has 0 fully saturated rings. The van der Waals surface area contributed by atoms with Gasteiger partial charge in [-0.05, 0) is 31.7 Å². The number of nitrogens with one attached hydrogen (secondary N) is 1. The highest BCUT2D eigenvalue weighted by Gasteiger charge is 2.23. The summed E-state index contributed by atoms with van der Waals surface area (Å²) >= 11 is 0. The molecule has 3 heterocycles. The number of methoxy groups -OCH3 is 1. The van der Waals surface area contributed by atoms with Crippen LogP contribution in [0.25, 0.3) is 0 Å². The molecule has 1 aliphatic rings. The Morgan fingerprint density at radius 3 is 3.00 bits per heavy atom. The maximum absolute atomic E-state index is 12.8. The van der Waals surface area contributed by atoms with E-state index in [-0.39, 0.29) is 11.5 Å². The number of ether oxygens (including phenoxy) is 1. The molecule has 2 aromatic rings. The Labute approximate surface area is 146 Å². The predicted octanol–water partition coefficient (Wildman–Crippen LogP) is 1.60. The smallest absolute Gasteiger partial charge is 0.256 e. The van der Waals surface area contributed by atoms with E-state index in [1.165, 1.54) is 13.2 Å². The lowest BCUT2D eigenvalue weighted by molar-refractivity contribution is 0.0947. The van der Waals surface area contributed by atoms with Crippen molar-refractivity contribution in [3.63, 3.8) is 0 Å². The molecular formula is C18H24N4O3. The Morgan fingerprint density at radius 1 is 1.36 bits per heavy atom. The Balaban J connectivity index is 1.75. The number of aryl methyl sites for hydroxylation is 1. The summed E-state index contributed by atoms with van der Waals surface area (Å²) in [4.78, 5) is 25.1. The molecule has 134 valence electrons. The van der Waals surface area contributed by atoms with E-state index >= 15 is 0 Å². The fourth-order valence-electron chi connectivity index (χ4n) is 3.28. The normalized spacial score (nSPS) is 13.8. The molecule has 0 spiro atoms. The van der Waals surface area contributed by atoms with Crippen molar-refractivity contribution in [2.45, 2.75) is 45.2 Å². The van der Waals surface area contributed by atoms with Gasteiger partial charge in [0, 0.05) is 43.8 Å². The number of carbonyl (C=O) groups excluding carboxylic acids is 1. The van der Waals surface area contributed by atoms with Crippen LogP contribution >= 0.6 is 0 Å². The van der Waals surface area contributed by atoms with Crippen molar-refractivity contribution < 1.29 is 9.53 Å². The van der Waals surface area contributed by atoms with Gasteiger partial charge in [-0.15, -0.1) is 0 Å². The van der Waals surface area contributed by atoms with Crippen LogP contribution in [0.15, 0.2) is 29.3 Å². The highest BCUT2D eigenvalue weighted by Crippen LogP contribution is 2.24. The molecule has 3 rings (SSSR count). The zero-order valence-corrected chi connectivity index (χ0v) is 14.5. The molecule has 2 aromatic heterocycles. The Hall–Kier alpha value is -2.57. The summed E-state index contributed by atoms with van der Waals surface area (Å²) in [5, 5.41) is 7.09. The van der Waals surface area contributed by atoms with Gasteiger partial charge >= 0.3 is 0 Å². The van der Waals surface area contributed by atoms with E-state index in [0.29, 0.717) is 24.4 Å². The second kappa shape index (κ2) is 8.00. The molecule has 0 bridgehead atoms. The number of hydrogen-bond donors (Lipinski definition) is 1. The number of aromatic nitrogens is 3. The zero-order valence-electron chi connectivity index (χ0n) is 14.5. The van der Waals surface area contributed by atoms with Crippen molar-refractivity contribution >= 4 is 5.91 Å². The summed E-state index contributed by atoms with van der Waals surface area (Å²) in [6.45, 7) is 1.95. The molecule has 0 radical (unpaired) electrons. The van der Waals surface area contributed by atoms with E-state index in [1.807, 2.05) is 16.9 Å². The van der Waals surface area contributed by atoms with Gasteiger partial charge in [-0.3, -0.25) is 14.3 Å². The Kier molecular flexibility index (Phi) is 5.53. The molecule has 1 N–H and O–H groups in total. The maximum Gasteiger partial charge on any atom is 0.256 e. The average molecular weight is 344 g/mol. The molecule has 1 aliphatic heterocycles. The van der Waals surface area contributed by atoms with E-state index in [4.69, 9.17) is 4.74 Å². The number of hydrogen-bond acceptors (Lipinski definition) is 4. The van der Waals surface area contributed by atoms with E-state index in [9.17, 15) is 9.59 Å². The monoisotopic (exact) mass is 344 g/mol. The van der Waals surface area contributed by atoms with Gasteiger partial charge in [-0.2, -0.15) is 5.10 Å². The van der Waals surface area contributed by atoms with Crippen LogP contribution in [-0.4, -0.2) is 33.9 Å². The van der Waals surface area contributed by atoms with Crippen LogP contribution in [0.4, 0.5) is 0 Å². The number of amides is 1. The van der Waals surface area contributed by atoms with Gasteiger partial charge in [0.25, 0.3) is 11.5 Å². The fraction of sp³-hybridized carbons (Fsp3) is 0.500. The number of pyridine rings is 1. The first-order chi connectivity index (χ1) is 12.2. The molecule has 0 atom stereocenters. The van der Waals surface area contributed by atoms with Gasteiger partial charge in [0.2, 0.25) is 0 Å². The highest BCUT2D eigenvalue weighted by atomic mass is 16.5. The van der Waals surface area contributed by atoms with Gasteiger partial charge in [0.1, 0.15) is 11.3 Å². The SMILES string of the molecule is COc1cc(=O)n2c(c1C(=O)NCCCn1cccn1)CCCCC2. The lowest BCUT2D eigenvalue weighted by atomic mass is 10.1. The highest BCUT2D eigenvalue weighted by molar-refractivity contribution is 5.98. The number of nitrogens with zero attached hydrogens (tertiary/aromatic N) is 3. The van der Waals surface area contributed by atoms with Crippen LogP contribution in [0.3, 0.4) is 0 Å². The van der Waals surface area contributed by atoms with Crippen molar-refractivity contribution in [2.75, 3.05) is 13.7 Å². The quantitative estimate of drug-likeness (QED) is 0.808. The summed E-state index contributed by atoms with van der Waals surface area (Å²) in [5.74, 6) is 0.186. The topological polar surface area (TPSA) is 78.1 Å². The Bertz CT molecular complexity index is 780. The first-order valence-electron chi connectivity index (χ1n) is 8.77.